The highest BCUT2D eigenvalue weighted by Crippen LogP contribution is 2.22. The van der Waals surface area contributed by atoms with Crippen molar-refractivity contribution in [2.45, 2.75) is 25.2 Å². The van der Waals surface area contributed by atoms with E-state index < -0.39 is 6.17 Å². The molecule has 0 unspecified atom stereocenters. The molecule has 0 spiro atoms. The van der Waals surface area contributed by atoms with Gasteiger partial charge in [0, 0.05) is 44.8 Å². The van der Waals surface area contributed by atoms with Crippen molar-refractivity contribution >= 4 is 5.82 Å². The molecular formula is C16H19FN6. The summed E-state index contributed by atoms with van der Waals surface area (Å²) in [6.07, 6.45) is 4.88. The number of nitrogens with zero attached hydrogens (tertiary/aromatic N) is 5. The summed E-state index contributed by atoms with van der Waals surface area (Å²) in [5, 5.41) is 12.0. The van der Waals surface area contributed by atoms with Gasteiger partial charge in [-0.05, 0) is 18.6 Å². The molecule has 0 saturated carbocycles. The Bertz CT molecular complexity index is 689. The largest absolute Gasteiger partial charge is 0.369 e. The van der Waals surface area contributed by atoms with Gasteiger partial charge >= 0.3 is 0 Å². The summed E-state index contributed by atoms with van der Waals surface area (Å²) < 4.78 is 15.8. The average molecular weight is 314 g/mol. The predicted octanol–water partition coefficient (Wildman–Crippen LogP) is 1.71. The fourth-order valence-electron chi connectivity index (χ4n) is 2.85. The summed E-state index contributed by atoms with van der Waals surface area (Å²) in [5.41, 5.74) is 0.525. The van der Waals surface area contributed by atoms with Gasteiger partial charge in [0.05, 0.1) is 12.1 Å². The van der Waals surface area contributed by atoms with E-state index in [0.29, 0.717) is 37.4 Å². The van der Waals surface area contributed by atoms with Crippen LogP contribution in [0.15, 0.2) is 30.7 Å². The lowest BCUT2D eigenvalue weighted by molar-refractivity contribution is 0.233. The molecule has 1 aliphatic heterocycles. The number of aryl methyl sites for hydroxylation is 1. The van der Waals surface area contributed by atoms with Crippen LogP contribution >= 0.6 is 0 Å². The second kappa shape index (κ2) is 6.75. The lowest BCUT2D eigenvalue weighted by atomic mass is 10.2. The molecule has 7 heteroatoms. The molecule has 1 aliphatic rings. The van der Waals surface area contributed by atoms with Gasteiger partial charge < -0.3 is 9.88 Å². The molecule has 1 fully saturated rings. The van der Waals surface area contributed by atoms with Gasteiger partial charge in [-0.3, -0.25) is 4.90 Å². The molecule has 2 atom stereocenters. The van der Waals surface area contributed by atoms with Gasteiger partial charge in [-0.1, -0.05) is 0 Å². The Morgan fingerprint density at radius 3 is 2.96 bits per heavy atom. The van der Waals surface area contributed by atoms with Crippen molar-refractivity contribution in [2.24, 2.45) is 7.05 Å². The minimum atomic E-state index is -0.809. The van der Waals surface area contributed by atoms with Crippen molar-refractivity contribution in [1.29, 1.82) is 5.26 Å². The molecule has 0 radical (unpaired) electrons. The van der Waals surface area contributed by atoms with Crippen LogP contribution in [0.4, 0.5) is 10.2 Å². The monoisotopic (exact) mass is 314 g/mol. The van der Waals surface area contributed by atoms with Gasteiger partial charge in [0.15, 0.2) is 0 Å². The lowest BCUT2D eigenvalue weighted by Gasteiger charge is -2.24. The molecule has 0 bridgehead atoms. The van der Waals surface area contributed by atoms with Crippen molar-refractivity contribution in [2.75, 3.05) is 18.4 Å². The Morgan fingerprint density at radius 2 is 2.30 bits per heavy atom. The lowest BCUT2D eigenvalue weighted by Crippen LogP contribution is -2.35. The second-order valence-corrected chi connectivity index (χ2v) is 5.80. The van der Waals surface area contributed by atoms with Crippen molar-refractivity contribution in [1.82, 2.24) is 19.4 Å². The first kappa shape index (κ1) is 15.4. The molecule has 1 saturated heterocycles. The van der Waals surface area contributed by atoms with E-state index in [1.54, 1.807) is 18.3 Å². The van der Waals surface area contributed by atoms with Gasteiger partial charge in [-0.15, -0.1) is 0 Å². The molecule has 6 nitrogen and oxygen atoms in total. The van der Waals surface area contributed by atoms with E-state index in [-0.39, 0.29) is 6.04 Å². The number of halogens is 1. The van der Waals surface area contributed by atoms with Gasteiger partial charge in [-0.25, -0.2) is 14.4 Å². The third-order valence-electron chi connectivity index (χ3n) is 4.15. The Hall–Kier alpha value is -2.46. The highest BCUT2D eigenvalue weighted by atomic mass is 19.1. The number of aromatic nitrogens is 3. The van der Waals surface area contributed by atoms with Crippen LogP contribution in [0.1, 0.15) is 17.8 Å². The van der Waals surface area contributed by atoms with E-state index in [9.17, 15) is 4.39 Å². The first-order valence-corrected chi connectivity index (χ1v) is 7.60. The van der Waals surface area contributed by atoms with Crippen LogP contribution in [0.25, 0.3) is 0 Å². The number of pyridine rings is 1. The van der Waals surface area contributed by atoms with Crippen molar-refractivity contribution in [3.63, 3.8) is 0 Å². The van der Waals surface area contributed by atoms with Crippen molar-refractivity contribution < 1.29 is 4.39 Å². The first-order valence-electron chi connectivity index (χ1n) is 7.60. The van der Waals surface area contributed by atoms with Gasteiger partial charge in [0.25, 0.3) is 0 Å². The van der Waals surface area contributed by atoms with Crippen molar-refractivity contribution in [3.05, 3.63) is 42.1 Å². The highest BCUT2D eigenvalue weighted by Gasteiger charge is 2.32. The molecule has 120 valence electrons. The van der Waals surface area contributed by atoms with Crippen LogP contribution in [0.2, 0.25) is 0 Å². The average Bonchev–Trinajstić information content (AvgIpc) is 3.12. The molecule has 0 aromatic carbocycles. The molecule has 23 heavy (non-hydrogen) atoms. The molecular weight excluding hydrogens is 295 g/mol. The van der Waals surface area contributed by atoms with Crippen LogP contribution in [0.5, 0.6) is 0 Å². The fourth-order valence-corrected chi connectivity index (χ4v) is 2.85. The predicted molar refractivity (Wildman–Crippen MR) is 84.4 cm³/mol. The van der Waals surface area contributed by atoms with Crippen LogP contribution in [0.3, 0.4) is 0 Å². The molecule has 3 heterocycles. The fraction of sp³-hybridized carbons (Fsp3) is 0.438. The van der Waals surface area contributed by atoms with Crippen molar-refractivity contribution in [3.8, 4) is 6.07 Å². The maximum Gasteiger partial charge on any atom is 0.126 e. The van der Waals surface area contributed by atoms with Crippen LogP contribution in [0, 0.1) is 11.3 Å². The number of hydrogen-bond donors (Lipinski definition) is 1. The van der Waals surface area contributed by atoms with E-state index in [1.807, 2.05) is 23.9 Å². The minimum absolute atomic E-state index is 0.0964. The van der Waals surface area contributed by atoms with E-state index in [4.69, 9.17) is 5.26 Å². The Balaban J connectivity index is 1.60. The number of hydrogen-bond acceptors (Lipinski definition) is 5. The number of rotatable bonds is 5. The van der Waals surface area contributed by atoms with Crippen LogP contribution in [-0.2, 0) is 13.6 Å². The smallest absolute Gasteiger partial charge is 0.126 e. The summed E-state index contributed by atoms with van der Waals surface area (Å²) >= 11 is 0. The molecule has 3 rings (SSSR count). The maximum atomic E-state index is 13.8. The number of nitrogens with one attached hydrogen (secondary N) is 1. The summed E-state index contributed by atoms with van der Waals surface area (Å²) in [5.74, 6) is 1.63. The van der Waals surface area contributed by atoms with Gasteiger partial charge in [0.1, 0.15) is 23.9 Å². The number of alkyl halides is 1. The molecule has 0 aliphatic carbocycles. The summed E-state index contributed by atoms with van der Waals surface area (Å²) in [4.78, 5) is 10.6. The topological polar surface area (TPSA) is 69.8 Å². The summed E-state index contributed by atoms with van der Waals surface area (Å²) in [7, 11) is 1.94. The maximum absolute atomic E-state index is 13.8. The van der Waals surface area contributed by atoms with E-state index in [0.717, 1.165) is 5.82 Å². The van der Waals surface area contributed by atoms with Crippen LogP contribution in [-0.4, -0.2) is 44.7 Å². The van der Waals surface area contributed by atoms with E-state index in [1.165, 1.54) is 6.20 Å². The van der Waals surface area contributed by atoms with Gasteiger partial charge in [0.2, 0.25) is 0 Å². The number of likely N-dealkylation sites (tertiary alicyclic amines) is 1. The Labute approximate surface area is 134 Å². The Morgan fingerprint density at radius 1 is 1.43 bits per heavy atom. The SMILES string of the molecule is Cn1ccnc1CN1C[C@@H](F)C[C@H]1CNc1ccc(C#N)cn1. The standard InChI is InChI=1S/C16H19FN6/c1-22-5-4-19-16(22)11-23-10-13(17)6-14(23)9-21-15-3-2-12(7-18)8-20-15/h2-5,8,13-14H,6,9-11H2,1H3,(H,20,21)/t13-,14-/m0/s1. The third kappa shape index (κ3) is 3.66. The van der Waals surface area contributed by atoms with E-state index >= 15 is 0 Å². The van der Waals surface area contributed by atoms with Crippen LogP contribution < -0.4 is 5.32 Å². The molecule has 0 amide bonds. The number of nitriles is 1. The quantitative estimate of drug-likeness (QED) is 0.910. The molecule has 2 aromatic rings. The summed E-state index contributed by atoms with van der Waals surface area (Å²) in [6.45, 7) is 1.68. The van der Waals surface area contributed by atoms with E-state index in [2.05, 4.69) is 20.2 Å². The molecule has 2 aromatic heterocycles. The zero-order valence-corrected chi connectivity index (χ0v) is 13.0. The first-order chi connectivity index (χ1) is 11.2. The summed E-state index contributed by atoms with van der Waals surface area (Å²) in [6, 6.07) is 5.62. The highest BCUT2D eigenvalue weighted by molar-refractivity contribution is 5.39. The number of anilines is 1. The zero-order valence-electron chi connectivity index (χ0n) is 13.0. The minimum Gasteiger partial charge on any atom is -0.369 e. The second-order valence-electron chi connectivity index (χ2n) is 5.80. The molecule has 1 N–H and O–H groups in total. The Kier molecular flexibility index (Phi) is 4.53. The third-order valence-corrected chi connectivity index (χ3v) is 4.15. The zero-order chi connectivity index (χ0) is 16.2. The normalized spacial score (nSPS) is 21.3. The number of imidazole rings is 1. The van der Waals surface area contributed by atoms with Gasteiger partial charge in [-0.2, -0.15) is 5.26 Å².